The van der Waals surface area contributed by atoms with Gasteiger partial charge in [0.25, 0.3) is 0 Å². The third-order valence-electron chi connectivity index (χ3n) is 4.60. The highest BCUT2D eigenvalue weighted by molar-refractivity contribution is 7.89. The van der Waals surface area contributed by atoms with Gasteiger partial charge in [-0.3, -0.25) is 4.79 Å². The molecular formula is C16H20Cl2N4O3S. The Morgan fingerprint density at radius 3 is 2.73 bits per heavy atom. The van der Waals surface area contributed by atoms with Gasteiger partial charge in [0.1, 0.15) is 4.90 Å². The smallest absolute Gasteiger partial charge is 0.244 e. The number of hydrogen-bond acceptors (Lipinski definition) is 5. The summed E-state index contributed by atoms with van der Waals surface area (Å²) >= 11 is 6.09. The van der Waals surface area contributed by atoms with Crippen LogP contribution in [-0.4, -0.2) is 62.3 Å². The number of nitriles is 1. The summed E-state index contributed by atoms with van der Waals surface area (Å²) < 4.78 is 27.3. The van der Waals surface area contributed by atoms with E-state index in [0.717, 1.165) is 13.0 Å². The summed E-state index contributed by atoms with van der Waals surface area (Å²) in [5.41, 5.74) is 0.312. The van der Waals surface area contributed by atoms with Gasteiger partial charge in [-0.2, -0.15) is 9.57 Å². The Morgan fingerprint density at radius 1 is 1.31 bits per heavy atom. The molecule has 2 aliphatic heterocycles. The van der Waals surface area contributed by atoms with E-state index in [2.05, 4.69) is 5.32 Å². The Hall–Kier alpha value is -1.37. The number of halogens is 2. The molecule has 0 bridgehead atoms. The van der Waals surface area contributed by atoms with Gasteiger partial charge in [-0.25, -0.2) is 8.42 Å². The quantitative estimate of drug-likeness (QED) is 0.795. The van der Waals surface area contributed by atoms with Crippen LogP contribution >= 0.6 is 24.0 Å². The van der Waals surface area contributed by atoms with Gasteiger partial charge < -0.3 is 10.2 Å². The molecule has 1 N–H and O–H groups in total. The van der Waals surface area contributed by atoms with E-state index in [9.17, 15) is 13.2 Å². The van der Waals surface area contributed by atoms with Gasteiger partial charge in [0.2, 0.25) is 15.9 Å². The van der Waals surface area contributed by atoms with E-state index in [1.165, 1.54) is 22.5 Å². The molecule has 0 aromatic heterocycles. The summed E-state index contributed by atoms with van der Waals surface area (Å²) in [4.78, 5) is 13.9. The fourth-order valence-corrected chi connectivity index (χ4v) is 5.35. The van der Waals surface area contributed by atoms with Gasteiger partial charge in [0.15, 0.2) is 0 Å². The van der Waals surface area contributed by atoms with Crippen LogP contribution in [0.3, 0.4) is 0 Å². The summed E-state index contributed by atoms with van der Waals surface area (Å²) in [5.74, 6) is 0.00639. The Bertz CT molecular complexity index is 825. The third-order valence-corrected chi connectivity index (χ3v) is 6.95. The molecule has 1 atom stereocenters. The molecule has 1 unspecified atom stereocenters. The van der Waals surface area contributed by atoms with E-state index in [4.69, 9.17) is 16.9 Å². The molecule has 1 amide bonds. The zero-order valence-corrected chi connectivity index (χ0v) is 16.4. The highest BCUT2D eigenvalue weighted by Crippen LogP contribution is 2.28. The van der Waals surface area contributed by atoms with Crippen LogP contribution in [0.1, 0.15) is 18.4 Å². The average Bonchev–Trinajstić information content (AvgIpc) is 2.62. The number of amides is 1. The Labute approximate surface area is 164 Å². The first-order chi connectivity index (χ1) is 11.9. The summed E-state index contributed by atoms with van der Waals surface area (Å²) in [7, 11) is -3.77. The lowest BCUT2D eigenvalue weighted by Gasteiger charge is -2.40. The van der Waals surface area contributed by atoms with Crippen molar-refractivity contribution in [2.24, 2.45) is 0 Å². The number of nitrogens with zero attached hydrogens (tertiary/aromatic N) is 3. The van der Waals surface area contributed by atoms with E-state index in [-0.39, 0.29) is 40.8 Å². The summed E-state index contributed by atoms with van der Waals surface area (Å²) in [6.45, 7) is 2.27. The topological polar surface area (TPSA) is 93.5 Å². The lowest BCUT2D eigenvalue weighted by Crippen LogP contribution is -2.57. The first kappa shape index (κ1) is 20.9. The fraction of sp³-hybridized carbons (Fsp3) is 0.500. The largest absolute Gasteiger partial charge is 0.336 e. The summed E-state index contributed by atoms with van der Waals surface area (Å²) in [5, 5.41) is 12.0. The molecule has 2 fully saturated rings. The molecule has 10 heteroatoms. The minimum absolute atomic E-state index is 0. The normalized spacial score (nSPS) is 21.8. The Balaban J connectivity index is 0.00000243. The number of piperidine rings is 1. The third kappa shape index (κ3) is 4.13. The van der Waals surface area contributed by atoms with Crippen LogP contribution in [0.5, 0.6) is 0 Å². The number of carbonyl (C=O) groups is 1. The van der Waals surface area contributed by atoms with Crippen molar-refractivity contribution in [2.75, 3.05) is 32.7 Å². The lowest BCUT2D eigenvalue weighted by molar-refractivity contribution is -0.135. The van der Waals surface area contributed by atoms with E-state index in [1.807, 2.05) is 6.07 Å². The number of nitrogens with one attached hydrogen (secondary N) is 1. The zero-order valence-electron chi connectivity index (χ0n) is 14.0. The van der Waals surface area contributed by atoms with Gasteiger partial charge in [0, 0.05) is 32.2 Å². The van der Waals surface area contributed by atoms with Crippen LogP contribution in [0, 0.1) is 11.3 Å². The standard InChI is InChI=1S/C16H19ClN4O3S.ClH/c17-14-8-12(9-18)3-4-15(14)25(23,24)20-6-1-2-13(11-20)21-7-5-19-10-16(21)22;/h3-4,8,13,19H,1-2,5-7,10-11H2;1H. The number of carbonyl (C=O) groups excluding carboxylic acids is 1. The van der Waals surface area contributed by atoms with Gasteiger partial charge in [-0.15, -0.1) is 12.4 Å². The number of rotatable bonds is 3. The second-order valence-electron chi connectivity index (χ2n) is 6.18. The molecule has 2 saturated heterocycles. The maximum atomic E-state index is 13.0. The number of sulfonamides is 1. The average molecular weight is 419 g/mol. The molecule has 1 aromatic rings. The number of hydrogen-bond donors (Lipinski definition) is 1. The second-order valence-corrected chi connectivity index (χ2v) is 8.49. The van der Waals surface area contributed by atoms with Crippen molar-refractivity contribution < 1.29 is 13.2 Å². The molecular weight excluding hydrogens is 399 g/mol. The van der Waals surface area contributed by atoms with Gasteiger partial charge in [0.05, 0.1) is 23.2 Å². The number of piperazine rings is 1. The van der Waals surface area contributed by atoms with Crippen molar-refractivity contribution in [3.05, 3.63) is 28.8 Å². The molecule has 1 aromatic carbocycles. The minimum atomic E-state index is -3.77. The molecule has 7 nitrogen and oxygen atoms in total. The fourth-order valence-electron chi connectivity index (χ4n) is 3.32. The van der Waals surface area contributed by atoms with Crippen molar-refractivity contribution in [1.82, 2.24) is 14.5 Å². The molecule has 3 rings (SSSR count). The predicted octanol–water partition coefficient (Wildman–Crippen LogP) is 1.22. The van der Waals surface area contributed by atoms with Gasteiger partial charge in [-0.1, -0.05) is 11.6 Å². The van der Waals surface area contributed by atoms with E-state index < -0.39 is 10.0 Å². The molecule has 0 aliphatic carbocycles. The molecule has 0 saturated carbocycles. The highest BCUT2D eigenvalue weighted by Gasteiger charge is 2.35. The summed E-state index contributed by atoms with van der Waals surface area (Å²) in [6, 6.07) is 5.99. The molecule has 0 spiro atoms. The Kier molecular flexibility index (Phi) is 6.88. The van der Waals surface area contributed by atoms with Crippen molar-refractivity contribution in [3.63, 3.8) is 0 Å². The maximum absolute atomic E-state index is 13.0. The SMILES string of the molecule is Cl.N#Cc1ccc(S(=O)(=O)N2CCCC(N3CCNCC3=O)C2)c(Cl)c1. The molecule has 26 heavy (non-hydrogen) atoms. The maximum Gasteiger partial charge on any atom is 0.244 e. The highest BCUT2D eigenvalue weighted by atomic mass is 35.5. The minimum Gasteiger partial charge on any atom is -0.336 e. The van der Waals surface area contributed by atoms with Crippen molar-refractivity contribution >= 4 is 39.9 Å². The van der Waals surface area contributed by atoms with Crippen LogP contribution in [0.15, 0.2) is 23.1 Å². The number of benzene rings is 1. The van der Waals surface area contributed by atoms with E-state index >= 15 is 0 Å². The van der Waals surface area contributed by atoms with Crippen molar-refractivity contribution in [1.29, 1.82) is 5.26 Å². The van der Waals surface area contributed by atoms with E-state index in [0.29, 0.717) is 31.6 Å². The van der Waals surface area contributed by atoms with Crippen molar-refractivity contribution in [3.8, 4) is 6.07 Å². The molecule has 2 heterocycles. The lowest BCUT2D eigenvalue weighted by atomic mass is 10.1. The van der Waals surface area contributed by atoms with E-state index in [1.54, 1.807) is 4.90 Å². The second kappa shape index (κ2) is 8.55. The predicted molar refractivity (Wildman–Crippen MR) is 99.8 cm³/mol. The van der Waals surface area contributed by atoms with Crippen LogP contribution in [0.4, 0.5) is 0 Å². The zero-order chi connectivity index (χ0) is 18.0. The first-order valence-electron chi connectivity index (χ1n) is 8.13. The van der Waals surface area contributed by atoms with Crippen molar-refractivity contribution in [2.45, 2.75) is 23.8 Å². The van der Waals surface area contributed by atoms with Crippen LogP contribution < -0.4 is 5.32 Å². The van der Waals surface area contributed by atoms with Crippen LogP contribution in [0.2, 0.25) is 5.02 Å². The van der Waals surface area contributed by atoms with Crippen LogP contribution in [-0.2, 0) is 14.8 Å². The van der Waals surface area contributed by atoms with Gasteiger partial charge in [-0.05, 0) is 31.0 Å². The monoisotopic (exact) mass is 418 g/mol. The Morgan fingerprint density at radius 2 is 2.08 bits per heavy atom. The summed E-state index contributed by atoms with van der Waals surface area (Å²) in [6.07, 6.45) is 1.48. The van der Waals surface area contributed by atoms with Gasteiger partial charge >= 0.3 is 0 Å². The van der Waals surface area contributed by atoms with Crippen LogP contribution in [0.25, 0.3) is 0 Å². The molecule has 142 valence electrons. The first-order valence-corrected chi connectivity index (χ1v) is 9.95. The molecule has 2 aliphatic rings. The molecule has 0 radical (unpaired) electrons.